The normalized spacial score (nSPS) is 11.3. The summed E-state index contributed by atoms with van der Waals surface area (Å²) in [5.74, 6) is 0.748. The highest BCUT2D eigenvalue weighted by atomic mass is 32.1. The van der Waals surface area contributed by atoms with Crippen LogP contribution in [0.1, 0.15) is 12.1 Å². The summed E-state index contributed by atoms with van der Waals surface area (Å²) >= 11 is 1.35. The molecule has 1 heterocycles. The summed E-state index contributed by atoms with van der Waals surface area (Å²) in [6.07, 6.45) is -5.35. The standard InChI is InChI=1S/C17H19F3N2O3S/c1-22(7-6-17(18,19)20)15(23)9-12-10-26-16(21-12)11-4-5-13(24-2)14(8-11)25-3/h4-5,8,10H,6-7,9H2,1-3H3. The van der Waals surface area contributed by atoms with Gasteiger partial charge >= 0.3 is 6.18 Å². The average molecular weight is 388 g/mol. The van der Waals surface area contributed by atoms with Crippen LogP contribution in [0.2, 0.25) is 0 Å². The Labute approximate surface area is 153 Å². The SMILES string of the molecule is COc1ccc(-c2nc(CC(=O)N(C)CCC(F)(F)F)cs2)cc1OC. The molecule has 0 aliphatic heterocycles. The molecule has 0 aliphatic carbocycles. The lowest BCUT2D eigenvalue weighted by Gasteiger charge is -2.17. The van der Waals surface area contributed by atoms with Crippen LogP contribution in [0.4, 0.5) is 13.2 Å². The fraction of sp³-hybridized carbons (Fsp3) is 0.412. The van der Waals surface area contributed by atoms with E-state index in [1.54, 1.807) is 24.6 Å². The van der Waals surface area contributed by atoms with Crippen LogP contribution in [0.15, 0.2) is 23.6 Å². The first kappa shape index (κ1) is 20.0. The number of aromatic nitrogens is 1. The Kier molecular flexibility index (Phi) is 6.47. The molecule has 2 aromatic rings. The second-order valence-corrected chi connectivity index (χ2v) is 6.43. The summed E-state index contributed by atoms with van der Waals surface area (Å²) in [7, 11) is 4.43. The molecule has 0 spiro atoms. The van der Waals surface area contributed by atoms with E-state index in [9.17, 15) is 18.0 Å². The highest BCUT2D eigenvalue weighted by molar-refractivity contribution is 7.13. The van der Waals surface area contributed by atoms with Crippen molar-refractivity contribution in [2.75, 3.05) is 27.8 Å². The number of ether oxygens (including phenoxy) is 2. The van der Waals surface area contributed by atoms with Crippen LogP contribution in [0.5, 0.6) is 11.5 Å². The number of alkyl halides is 3. The third kappa shape index (κ3) is 5.35. The molecule has 9 heteroatoms. The predicted octanol–water partition coefficient (Wildman–Crippen LogP) is 3.78. The van der Waals surface area contributed by atoms with Crippen molar-refractivity contribution in [3.8, 4) is 22.1 Å². The highest BCUT2D eigenvalue weighted by Gasteiger charge is 2.28. The Hall–Kier alpha value is -2.29. The minimum atomic E-state index is -4.28. The van der Waals surface area contributed by atoms with Gasteiger partial charge in [-0.1, -0.05) is 0 Å². The fourth-order valence-electron chi connectivity index (χ4n) is 2.20. The van der Waals surface area contributed by atoms with Gasteiger partial charge in [0.05, 0.1) is 32.8 Å². The van der Waals surface area contributed by atoms with Crippen molar-refractivity contribution in [3.05, 3.63) is 29.3 Å². The van der Waals surface area contributed by atoms with Crippen LogP contribution >= 0.6 is 11.3 Å². The number of carbonyl (C=O) groups excluding carboxylic acids is 1. The zero-order chi connectivity index (χ0) is 19.3. The lowest BCUT2D eigenvalue weighted by molar-refractivity contribution is -0.143. The minimum Gasteiger partial charge on any atom is -0.493 e. The van der Waals surface area contributed by atoms with Crippen LogP contribution in [0.25, 0.3) is 10.6 Å². The van der Waals surface area contributed by atoms with E-state index in [1.807, 2.05) is 6.07 Å². The number of amides is 1. The molecule has 0 bridgehead atoms. The van der Waals surface area contributed by atoms with E-state index in [-0.39, 0.29) is 13.0 Å². The first-order valence-electron chi connectivity index (χ1n) is 7.71. The maximum Gasteiger partial charge on any atom is 0.390 e. The molecular weight excluding hydrogens is 369 g/mol. The molecule has 0 atom stereocenters. The van der Waals surface area contributed by atoms with Gasteiger partial charge in [-0.2, -0.15) is 13.2 Å². The third-order valence-electron chi connectivity index (χ3n) is 3.67. The molecule has 142 valence electrons. The molecule has 1 aromatic heterocycles. The van der Waals surface area contributed by atoms with Gasteiger partial charge in [0.2, 0.25) is 5.91 Å². The van der Waals surface area contributed by atoms with Gasteiger partial charge in [0.1, 0.15) is 5.01 Å². The van der Waals surface area contributed by atoms with Crippen molar-refractivity contribution >= 4 is 17.2 Å². The number of benzene rings is 1. The van der Waals surface area contributed by atoms with Crippen molar-refractivity contribution in [2.24, 2.45) is 0 Å². The Balaban J connectivity index is 2.04. The number of carbonyl (C=O) groups is 1. The Bertz CT molecular complexity index is 762. The predicted molar refractivity (Wildman–Crippen MR) is 92.7 cm³/mol. The Morgan fingerprint density at radius 1 is 1.23 bits per heavy atom. The van der Waals surface area contributed by atoms with Gasteiger partial charge in [0.15, 0.2) is 11.5 Å². The van der Waals surface area contributed by atoms with Crippen molar-refractivity contribution in [1.29, 1.82) is 0 Å². The number of nitrogens with zero attached hydrogens (tertiary/aromatic N) is 2. The molecule has 0 saturated carbocycles. The number of thiazole rings is 1. The van der Waals surface area contributed by atoms with Crippen LogP contribution in [-0.2, 0) is 11.2 Å². The van der Waals surface area contributed by atoms with Crippen LogP contribution < -0.4 is 9.47 Å². The van der Waals surface area contributed by atoms with Crippen molar-refractivity contribution in [3.63, 3.8) is 0 Å². The van der Waals surface area contributed by atoms with Gasteiger partial charge < -0.3 is 14.4 Å². The van der Waals surface area contributed by atoms with E-state index in [0.717, 1.165) is 10.5 Å². The average Bonchev–Trinajstić information content (AvgIpc) is 3.06. The van der Waals surface area contributed by atoms with Gasteiger partial charge in [0, 0.05) is 24.5 Å². The second kappa shape index (κ2) is 8.39. The molecule has 1 aromatic carbocycles. The first-order valence-corrected chi connectivity index (χ1v) is 8.59. The summed E-state index contributed by atoms with van der Waals surface area (Å²) in [5, 5.41) is 2.41. The second-order valence-electron chi connectivity index (χ2n) is 5.57. The summed E-state index contributed by atoms with van der Waals surface area (Å²) in [6.45, 7) is -0.366. The summed E-state index contributed by atoms with van der Waals surface area (Å²) in [5.41, 5.74) is 1.32. The quantitative estimate of drug-likeness (QED) is 0.724. The van der Waals surface area contributed by atoms with Crippen molar-refractivity contribution < 1.29 is 27.4 Å². The molecule has 0 saturated heterocycles. The van der Waals surface area contributed by atoms with E-state index in [1.165, 1.54) is 25.5 Å². The number of halogens is 3. The maximum absolute atomic E-state index is 12.2. The number of likely N-dealkylation sites (N-methyl/N-ethyl adjacent to an activating group) is 1. The highest BCUT2D eigenvalue weighted by Crippen LogP contribution is 2.33. The van der Waals surface area contributed by atoms with Gasteiger partial charge in [-0.05, 0) is 18.2 Å². The van der Waals surface area contributed by atoms with Gasteiger partial charge in [-0.3, -0.25) is 4.79 Å². The maximum atomic E-state index is 12.2. The van der Waals surface area contributed by atoms with E-state index in [4.69, 9.17) is 9.47 Å². The molecule has 5 nitrogen and oxygen atoms in total. The summed E-state index contributed by atoms with van der Waals surface area (Å²) in [4.78, 5) is 17.5. The topological polar surface area (TPSA) is 51.7 Å². The zero-order valence-corrected chi connectivity index (χ0v) is 15.4. The molecular formula is C17H19F3N2O3S. The smallest absolute Gasteiger partial charge is 0.390 e. The van der Waals surface area contributed by atoms with Crippen molar-refractivity contribution in [1.82, 2.24) is 9.88 Å². The zero-order valence-electron chi connectivity index (χ0n) is 14.6. The number of methoxy groups -OCH3 is 2. The first-order chi connectivity index (χ1) is 12.2. The molecule has 0 radical (unpaired) electrons. The molecule has 1 amide bonds. The van der Waals surface area contributed by atoms with E-state index >= 15 is 0 Å². The minimum absolute atomic E-state index is 0.0435. The van der Waals surface area contributed by atoms with E-state index in [0.29, 0.717) is 22.2 Å². The Morgan fingerprint density at radius 2 is 1.92 bits per heavy atom. The summed E-state index contributed by atoms with van der Waals surface area (Å²) < 4.78 is 47.2. The van der Waals surface area contributed by atoms with Crippen LogP contribution in [0, 0.1) is 0 Å². The molecule has 2 rings (SSSR count). The van der Waals surface area contributed by atoms with E-state index in [2.05, 4.69) is 4.98 Å². The lowest BCUT2D eigenvalue weighted by Crippen LogP contribution is -2.31. The van der Waals surface area contributed by atoms with Gasteiger partial charge in [0.25, 0.3) is 0 Å². The van der Waals surface area contributed by atoms with E-state index < -0.39 is 18.5 Å². The number of hydrogen-bond acceptors (Lipinski definition) is 5. The molecule has 26 heavy (non-hydrogen) atoms. The molecule has 0 N–H and O–H groups in total. The summed E-state index contributed by atoms with van der Waals surface area (Å²) in [6, 6.07) is 5.35. The third-order valence-corrected chi connectivity index (χ3v) is 4.61. The molecule has 0 aliphatic rings. The lowest BCUT2D eigenvalue weighted by atomic mass is 10.2. The monoisotopic (exact) mass is 388 g/mol. The van der Waals surface area contributed by atoms with Gasteiger partial charge in [-0.25, -0.2) is 4.98 Å². The largest absolute Gasteiger partial charge is 0.493 e. The van der Waals surface area contributed by atoms with Crippen LogP contribution in [0.3, 0.4) is 0 Å². The number of rotatable bonds is 7. The fourth-order valence-corrected chi connectivity index (χ4v) is 3.02. The van der Waals surface area contributed by atoms with Crippen molar-refractivity contribution in [2.45, 2.75) is 19.0 Å². The Morgan fingerprint density at radius 3 is 2.54 bits per heavy atom. The van der Waals surface area contributed by atoms with Gasteiger partial charge in [-0.15, -0.1) is 11.3 Å². The number of hydrogen-bond donors (Lipinski definition) is 0. The molecule has 0 unspecified atom stereocenters. The molecule has 0 fully saturated rings. The van der Waals surface area contributed by atoms with Crippen LogP contribution in [-0.4, -0.2) is 49.8 Å².